The van der Waals surface area contributed by atoms with Crippen molar-refractivity contribution < 1.29 is 14.1 Å². The number of aryl methyl sites for hydroxylation is 1. The predicted octanol–water partition coefficient (Wildman–Crippen LogP) is 3.68. The van der Waals surface area contributed by atoms with Crippen LogP contribution in [0.1, 0.15) is 30.5 Å². The molecule has 122 valence electrons. The van der Waals surface area contributed by atoms with Gasteiger partial charge in [-0.25, -0.2) is 0 Å². The highest BCUT2D eigenvalue weighted by Crippen LogP contribution is 2.28. The highest BCUT2D eigenvalue weighted by molar-refractivity contribution is 7.99. The summed E-state index contributed by atoms with van der Waals surface area (Å²) in [5.74, 6) is 2.29. The first kappa shape index (κ1) is 15.9. The van der Waals surface area contributed by atoms with Crippen LogP contribution in [0.15, 0.2) is 33.7 Å². The number of benzene rings is 1. The van der Waals surface area contributed by atoms with Gasteiger partial charge in [-0.15, -0.1) is 11.8 Å². The van der Waals surface area contributed by atoms with Crippen molar-refractivity contribution in [3.8, 4) is 5.75 Å². The standard InChI is InChI=1S/C17H20N2O3S/c1-21-12-7-9-13(10-8-12)23-11-3-6-16(20)18-17-14-4-2-5-15(14)19-22-17/h7-10H,2-6,11H2,1H3,(H,18,20). The zero-order valence-electron chi connectivity index (χ0n) is 13.1. The summed E-state index contributed by atoms with van der Waals surface area (Å²) in [6.07, 6.45) is 4.29. The summed E-state index contributed by atoms with van der Waals surface area (Å²) in [5.41, 5.74) is 2.07. The molecule has 0 unspecified atom stereocenters. The van der Waals surface area contributed by atoms with Crippen molar-refractivity contribution in [1.29, 1.82) is 0 Å². The van der Waals surface area contributed by atoms with Gasteiger partial charge in [0.15, 0.2) is 0 Å². The molecule has 1 aromatic carbocycles. The van der Waals surface area contributed by atoms with E-state index in [-0.39, 0.29) is 5.91 Å². The molecule has 1 aromatic heterocycles. The molecule has 0 bridgehead atoms. The minimum atomic E-state index is -0.00817. The first-order chi connectivity index (χ1) is 11.3. The third-order valence-electron chi connectivity index (χ3n) is 3.84. The molecular formula is C17H20N2O3S. The molecule has 1 amide bonds. The molecule has 0 saturated heterocycles. The third kappa shape index (κ3) is 4.07. The van der Waals surface area contributed by atoms with Gasteiger partial charge in [-0.05, 0) is 55.7 Å². The molecule has 0 aliphatic heterocycles. The number of carbonyl (C=O) groups is 1. The highest BCUT2D eigenvalue weighted by Gasteiger charge is 2.21. The maximum Gasteiger partial charge on any atom is 0.234 e. The van der Waals surface area contributed by atoms with E-state index in [1.54, 1.807) is 18.9 Å². The molecule has 1 N–H and O–H groups in total. The van der Waals surface area contributed by atoms with Gasteiger partial charge >= 0.3 is 0 Å². The fourth-order valence-corrected chi connectivity index (χ4v) is 3.46. The van der Waals surface area contributed by atoms with Gasteiger partial charge in [0, 0.05) is 16.9 Å². The van der Waals surface area contributed by atoms with E-state index >= 15 is 0 Å². The number of ether oxygens (including phenoxy) is 1. The Morgan fingerprint density at radius 3 is 2.96 bits per heavy atom. The Morgan fingerprint density at radius 1 is 1.35 bits per heavy atom. The Balaban J connectivity index is 1.39. The summed E-state index contributed by atoms with van der Waals surface area (Å²) in [5, 5.41) is 6.84. The summed E-state index contributed by atoms with van der Waals surface area (Å²) >= 11 is 1.74. The molecule has 1 aliphatic carbocycles. The van der Waals surface area contributed by atoms with Crippen LogP contribution in [0, 0.1) is 0 Å². The SMILES string of the molecule is COc1ccc(SCCCC(=O)Nc2onc3c2CCC3)cc1. The number of rotatable bonds is 7. The van der Waals surface area contributed by atoms with Crippen LogP contribution in [0.2, 0.25) is 0 Å². The molecular weight excluding hydrogens is 312 g/mol. The summed E-state index contributed by atoms with van der Waals surface area (Å²) in [6.45, 7) is 0. The summed E-state index contributed by atoms with van der Waals surface area (Å²) in [6, 6.07) is 7.95. The average Bonchev–Trinajstić information content (AvgIpc) is 3.17. The molecule has 23 heavy (non-hydrogen) atoms. The quantitative estimate of drug-likeness (QED) is 0.619. The topological polar surface area (TPSA) is 64.4 Å². The molecule has 1 aliphatic rings. The maximum absolute atomic E-state index is 12.0. The van der Waals surface area contributed by atoms with Gasteiger partial charge < -0.3 is 9.26 Å². The number of thioether (sulfide) groups is 1. The second-order valence-corrected chi connectivity index (χ2v) is 6.63. The molecule has 0 radical (unpaired) electrons. The van der Waals surface area contributed by atoms with Crippen molar-refractivity contribution in [3.05, 3.63) is 35.5 Å². The Hall–Kier alpha value is -1.95. The number of amides is 1. The van der Waals surface area contributed by atoms with E-state index in [0.29, 0.717) is 12.3 Å². The first-order valence-electron chi connectivity index (χ1n) is 7.80. The zero-order chi connectivity index (χ0) is 16.1. The Bertz CT molecular complexity index is 667. The van der Waals surface area contributed by atoms with Crippen molar-refractivity contribution in [2.24, 2.45) is 0 Å². The summed E-state index contributed by atoms with van der Waals surface area (Å²) in [7, 11) is 1.66. The predicted molar refractivity (Wildman–Crippen MR) is 90.1 cm³/mol. The number of fused-ring (bicyclic) bond motifs is 1. The van der Waals surface area contributed by atoms with E-state index in [0.717, 1.165) is 48.4 Å². The van der Waals surface area contributed by atoms with Gasteiger partial charge in [0.1, 0.15) is 5.75 Å². The van der Waals surface area contributed by atoms with Crippen LogP contribution < -0.4 is 10.1 Å². The van der Waals surface area contributed by atoms with E-state index in [9.17, 15) is 4.79 Å². The van der Waals surface area contributed by atoms with Crippen LogP contribution in [0.5, 0.6) is 5.75 Å². The number of hydrogen-bond donors (Lipinski definition) is 1. The van der Waals surface area contributed by atoms with E-state index in [1.807, 2.05) is 24.3 Å². The maximum atomic E-state index is 12.0. The smallest absolute Gasteiger partial charge is 0.234 e. The number of anilines is 1. The van der Waals surface area contributed by atoms with E-state index in [4.69, 9.17) is 9.26 Å². The molecule has 1 heterocycles. The summed E-state index contributed by atoms with van der Waals surface area (Å²) in [4.78, 5) is 13.2. The normalized spacial score (nSPS) is 12.9. The molecule has 5 nitrogen and oxygen atoms in total. The van der Waals surface area contributed by atoms with Gasteiger partial charge in [0.05, 0.1) is 12.8 Å². The lowest BCUT2D eigenvalue weighted by Crippen LogP contribution is -2.12. The van der Waals surface area contributed by atoms with Crippen LogP contribution in [0.25, 0.3) is 0 Å². The van der Waals surface area contributed by atoms with E-state index in [2.05, 4.69) is 10.5 Å². The highest BCUT2D eigenvalue weighted by atomic mass is 32.2. The van der Waals surface area contributed by atoms with Gasteiger partial charge in [0.25, 0.3) is 0 Å². The molecule has 3 rings (SSSR count). The molecule has 2 aromatic rings. The number of aromatic nitrogens is 1. The third-order valence-corrected chi connectivity index (χ3v) is 4.94. The number of hydrogen-bond acceptors (Lipinski definition) is 5. The van der Waals surface area contributed by atoms with Gasteiger partial charge in [-0.3, -0.25) is 10.1 Å². The van der Waals surface area contributed by atoms with Crippen molar-refractivity contribution in [2.45, 2.75) is 37.0 Å². The zero-order valence-corrected chi connectivity index (χ0v) is 13.9. The Labute approximate surface area is 139 Å². The second kappa shape index (κ2) is 7.55. The molecule has 0 saturated carbocycles. The lowest BCUT2D eigenvalue weighted by molar-refractivity contribution is -0.116. The van der Waals surface area contributed by atoms with Crippen molar-refractivity contribution in [3.63, 3.8) is 0 Å². The van der Waals surface area contributed by atoms with Crippen molar-refractivity contribution >= 4 is 23.6 Å². The van der Waals surface area contributed by atoms with E-state index in [1.165, 1.54) is 4.90 Å². The fourth-order valence-electron chi connectivity index (χ4n) is 2.61. The van der Waals surface area contributed by atoms with Crippen LogP contribution >= 0.6 is 11.8 Å². The monoisotopic (exact) mass is 332 g/mol. The van der Waals surface area contributed by atoms with Crippen LogP contribution in [-0.2, 0) is 17.6 Å². The van der Waals surface area contributed by atoms with Gasteiger partial charge in [-0.1, -0.05) is 5.16 Å². The van der Waals surface area contributed by atoms with E-state index < -0.39 is 0 Å². The molecule has 6 heteroatoms. The Morgan fingerprint density at radius 2 is 2.17 bits per heavy atom. The number of nitrogens with one attached hydrogen (secondary N) is 1. The van der Waals surface area contributed by atoms with Crippen molar-refractivity contribution in [1.82, 2.24) is 5.16 Å². The largest absolute Gasteiger partial charge is 0.497 e. The fraction of sp³-hybridized carbons (Fsp3) is 0.412. The van der Waals surface area contributed by atoms with Crippen LogP contribution in [0.4, 0.5) is 5.88 Å². The lowest BCUT2D eigenvalue weighted by Gasteiger charge is -2.04. The minimum Gasteiger partial charge on any atom is -0.497 e. The number of nitrogens with zero attached hydrogens (tertiary/aromatic N) is 1. The number of carbonyl (C=O) groups excluding carboxylic acids is 1. The minimum absolute atomic E-state index is 0.00817. The van der Waals surface area contributed by atoms with Crippen molar-refractivity contribution in [2.75, 3.05) is 18.2 Å². The first-order valence-corrected chi connectivity index (χ1v) is 8.79. The second-order valence-electron chi connectivity index (χ2n) is 5.47. The van der Waals surface area contributed by atoms with Gasteiger partial charge in [0.2, 0.25) is 11.8 Å². The Kier molecular flexibility index (Phi) is 5.23. The molecule has 0 fully saturated rings. The van der Waals surface area contributed by atoms with Gasteiger partial charge in [-0.2, -0.15) is 0 Å². The average molecular weight is 332 g/mol. The van der Waals surface area contributed by atoms with Crippen LogP contribution in [0.3, 0.4) is 0 Å². The number of methoxy groups -OCH3 is 1. The van der Waals surface area contributed by atoms with Crippen LogP contribution in [-0.4, -0.2) is 23.9 Å². The molecule has 0 atom stereocenters. The summed E-state index contributed by atoms with van der Waals surface area (Å²) < 4.78 is 10.3. The lowest BCUT2D eigenvalue weighted by atomic mass is 10.2. The molecule has 0 spiro atoms.